The molecule has 0 radical (unpaired) electrons. The minimum atomic E-state index is 0.365. The van der Waals surface area contributed by atoms with E-state index in [4.69, 9.17) is 26.0 Å². The van der Waals surface area contributed by atoms with E-state index >= 15 is 0 Å². The van der Waals surface area contributed by atoms with Crippen LogP contribution in [0.2, 0.25) is 5.15 Å². The summed E-state index contributed by atoms with van der Waals surface area (Å²) in [5.74, 6) is 0. The van der Waals surface area contributed by atoms with Crippen molar-refractivity contribution in [2.45, 2.75) is 0 Å². The van der Waals surface area contributed by atoms with E-state index in [0.29, 0.717) is 10.8 Å². The molecule has 0 N–H and O–H groups in total. The zero-order chi connectivity index (χ0) is 24.1. The van der Waals surface area contributed by atoms with Gasteiger partial charge >= 0.3 is 0 Å². The highest BCUT2D eigenvalue weighted by atomic mass is 35.5. The van der Waals surface area contributed by atoms with Crippen LogP contribution in [0.5, 0.6) is 0 Å². The third-order valence-corrected chi connectivity index (χ3v) is 6.85. The lowest BCUT2D eigenvalue weighted by atomic mass is 9.93. The van der Waals surface area contributed by atoms with Crippen molar-refractivity contribution in [2.24, 2.45) is 0 Å². The second kappa shape index (κ2) is 8.33. The Kier molecular flexibility index (Phi) is 4.83. The molecule has 5 aromatic carbocycles. The minimum Gasteiger partial charge on any atom is -0.456 e. The van der Waals surface area contributed by atoms with Crippen LogP contribution in [0, 0.1) is 0 Å². The van der Waals surface area contributed by atoms with E-state index < -0.39 is 0 Å². The SMILES string of the molecule is Clc1nc2cc(-c3ccccc3)c(-c3ccccc3)cc2nc1-c1ccc2c(c1)oc1ccccc12. The van der Waals surface area contributed by atoms with Crippen LogP contribution < -0.4 is 0 Å². The van der Waals surface area contributed by atoms with Gasteiger partial charge in [-0.3, -0.25) is 0 Å². The molecular weight excluding hydrogens is 464 g/mol. The lowest BCUT2D eigenvalue weighted by Crippen LogP contribution is -1.94. The Labute approximate surface area is 212 Å². The maximum Gasteiger partial charge on any atom is 0.156 e. The van der Waals surface area contributed by atoms with Crippen LogP contribution in [0.1, 0.15) is 0 Å². The van der Waals surface area contributed by atoms with Crippen molar-refractivity contribution in [1.82, 2.24) is 9.97 Å². The predicted octanol–water partition coefficient (Wildman–Crippen LogP) is 9.18. The zero-order valence-electron chi connectivity index (χ0n) is 19.2. The second-order valence-corrected chi connectivity index (χ2v) is 9.15. The molecule has 0 aliphatic carbocycles. The first-order valence-corrected chi connectivity index (χ1v) is 12.2. The average Bonchev–Trinajstić information content (AvgIpc) is 3.31. The van der Waals surface area contributed by atoms with Gasteiger partial charge in [0.15, 0.2) is 5.15 Å². The van der Waals surface area contributed by atoms with Crippen LogP contribution in [0.4, 0.5) is 0 Å². The van der Waals surface area contributed by atoms with Crippen molar-refractivity contribution < 1.29 is 4.42 Å². The smallest absolute Gasteiger partial charge is 0.156 e. The number of furan rings is 1. The molecule has 7 aromatic rings. The molecule has 0 saturated heterocycles. The fraction of sp³-hybridized carbons (Fsp3) is 0. The van der Waals surface area contributed by atoms with E-state index in [9.17, 15) is 0 Å². The van der Waals surface area contributed by atoms with E-state index in [-0.39, 0.29) is 0 Å². The van der Waals surface area contributed by atoms with Gasteiger partial charge in [-0.15, -0.1) is 0 Å². The summed E-state index contributed by atoms with van der Waals surface area (Å²) < 4.78 is 6.09. The van der Waals surface area contributed by atoms with Gasteiger partial charge in [0.05, 0.1) is 11.0 Å². The lowest BCUT2D eigenvalue weighted by Gasteiger charge is -2.13. The summed E-state index contributed by atoms with van der Waals surface area (Å²) in [7, 11) is 0. The highest BCUT2D eigenvalue weighted by Crippen LogP contribution is 2.38. The maximum absolute atomic E-state index is 6.72. The Hall–Kier alpha value is -4.47. The number of nitrogens with zero attached hydrogens (tertiary/aromatic N) is 2. The van der Waals surface area contributed by atoms with Crippen molar-refractivity contribution in [2.75, 3.05) is 0 Å². The Balaban J connectivity index is 1.44. The monoisotopic (exact) mass is 482 g/mol. The van der Waals surface area contributed by atoms with Crippen LogP contribution in [0.15, 0.2) is 120 Å². The highest BCUT2D eigenvalue weighted by Gasteiger charge is 2.16. The summed E-state index contributed by atoms with van der Waals surface area (Å²) in [4.78, 5) is 9.76. The number of hydrogen-bond acceptors (Lipinski definition) is 3. The molecule has 36 heavy (non-hydrogen) atoms. The Bertz CT molecular complexity index is 1890. The second-order valence-electron chi connectivity index (χ2n) is 8.79. The summed E-state index contributed by atoms with van der Waals surface area (Å²) in [6.07, 6.45) is 0. The maximum atomic E-state index is 6.72. The molecule has 0 aliphatic rings. The molecular formula is C32H19ClN2O. The van der Waals surface area contributed by atoms with Gasteiger partial charge in [-0.25, -0.2) is 9.97 Å². The van der Waals surface area contributed by atoms with E-state index in [1.165, 1.54) is 0 Å². The molecule has 0 atom stereocenters. The molecule has 0 amide bonds. The molecule has 7 rings (SSSR count). The van der Waals surface area contributed by atoms with Gasteiger partial charge < -0.3 is 4.42 Å². The van der Waals surface area contributed by atoms with Gasteiger partial charge in [0.25, 0.3) is 0 Å². The van der Waals surface area contributed by atoms with Crippen LogP contribution in [-0.2, 0) is 0 Å². The zero-order valence-corrected chi connectivity index (χ0v) is 19.9. The molecule has 2 aromatic heterocycles. The van der Waals surface area contributed by atoms with E-state index in [1.54, 1.807) is 0 Å². The molecule has 3 nitrogen and oxygen atoms in total. The molecule has 0 aliphatic heterocycles. The number of benzene rings is 5. The molecule has 0 unspecified atom stereocenters. The summed E-state index contributed by atoms with van der Waals surface area (Å²) >= 11 is 6.72. The summed E-state index contributed by atoms with van der Waals surface area (Å²) in [6.45, 7) is 0. The largest absolute Gasteiger partial charge is 0.456 e. The van der Waals surface area contributed by atoms with E-state index in [1.807, 2.05) is 54.6 Å². The van der Waals surface area contributed by atoms with Crippen molar-refractivity contribution in [1.29, 1.82) is 0 Å². The van der Waals surface area contributed by atoms with Gasteiger partial charge in [-0.1, -0.05) is 96.5 Å². The fourth-order valence-electron chi connectivity index (χ4n) is 4.85. The summed E-state index contributed by atoms with van der Waals surface area (Å²) in [6, 6.07) is 39.0. The van der Waals surface area contributed by atoms with Crippen LogP contribution in [-0.4, -0.2) is 9.97 Å². The van der Waals surface area contributed by atoms with Gasteiger partial charge in [0.1, 0.15) is 16.9 Å². The van der Waals surface area contributed by atoms with E-state index in [0.717, 1.165) is 60.8 Å². The Morgan fingerprint density at radius 1 is 0.500 bits per heavy atom. The van der Waals surface area contributed by atoms with Gasteiger partial charge in [0.2, 0.25) is 0 Å². The van der Waals surface area contributed by atoms with Gasteiger partial charge in [-0.05, 0) is 52.6 Å². The number of rotatable bonds is 3. The average molecular weight is 483 g/mol. The van der Waals surface area contributed by atoms with Crippen molar-refractivity contribution in [3.63, 3.8) is 0 Å². The van der Waals surface area contributed by atoms with Crippen LogP contribution in [0.3, 0.4) is 0 Å². The number of fused-ring (bicyclic) bond motifs is 4. The molecule has 0 fully saturated rings. The normalized spacial score (nSPS) is 11.5. The standard InChI is InChI=1S/C32H19ClN2O/c33-32-31(22-15-16-24-23-13-7-8-14-29(23)36-30(24)17-22)34-27-18-25(20-9-3-1-4-10-20)26(19-28(27)35-32)21-11-5-2-6-12-21/h1-19H. The van der Waals surface area contributed by atoms with Gasteiger partial charge in [0, 0.05) is 16.3 Å². The highest BCUT2D eigenvalue weighted by molar-refractivity contribution is 6.32. The van der Waals surface area contributed by atoms with Crippen molar-refractivity contribution >= 4 is 44.6 Å². The summed E-state index contributed by atoms with van der Waals surface area (Å²) in [5.41, 5.74) is 9.16. The van der Waals surface area contributed by atoms with E-state index in [2.05, 4.69) is 60.7 Å². The third-order valence-electron chi connectivity index (χ3n) is 6.58. The topological polar surface area (TPSA) is 38.9 Å². The molecule has 4 heteroatoms. The Morgan fingerprint density at radius 3 is 1.78 bits per heavy atom. The quantitative estimate of drug-likeness (QED) is 0.252. The van der Waals surface area contributed by atoms with Crippen LogP contribution in [0.25, 0.3) is 66.5 Å². The van der Waals surface area contributed by atoms with Crippen LogP contribution >= 0.6 is 11.6 Å². The molecule has 0 spiro atoms. The third kappa shape index (κ3) is 3.44. The molecule has 170 valence electrons. The first-order chi connectivity index (χ1) is 17.7. The molecule has 2 heterocycles. The predicted molar refractivity (Wildman–Crippen MR) is 148 cm³/mol. The van der Waals surface area contributed by atoms with Gasteiger partial charge in [-0.2, -0.15) is 0 Å². The number of para-hydroxylation sites is 1. The number of aromatic nitrogens is 2. The Morgan fingerprint density at radius 2 is 1.08 bits per heavy atom. The summed E-state index contributed by atoms with van der Waals surface area (Å²) in [5, 5.41) is 2.53. The van der Waals surface area contributed by atoms with Crippen molar-refractivity contribution in [3.05, 3.63) is 120 Å². The van der Waals surface area contributed by atoms with Crippen molar-refractivity contribution in [3.8, 4) is 33.5 Å². The first kappa shape index (κ1) is 20.9. The number of halogens is 1. The molecule has 0 saturated carbocycles. The first-order valence-electron chi connectivity index (χ1n) is 11.8. The number of hydrogen-bond donors (Lipinski definition) is 0. The molecule has 0 bridgehead atoms. The minimum absolute atomic E-state index is 0.365. The lowest BCUT2D eigenvalue weighted by molar-refractivity contribution is 0.669. The fourth-order valence-corrected chi connectivity index (χ4v) is 5.09.